The Balaban J connectivity index is 1.06. The lowest BCUT2D eigenvalue weighted by Gasteiger charge is -2.32. The van der Waals surface area contributed by atoms with Gasteiger partial charge in [-0.25, -0.2) is 9.98 Å². The first kappa shape index (κ1) is 43.9. The molecule has 69 heavy (non-hydrogen) atoms. The van der Waals surface area contributed by atoms with E-state index in [2.05, 4.69) is 65.1 Å². The van der Waals surface area contributed by atoms with E-state index in [1.807, 2.05) is 158 Å². The molecule has 4 aliphatic rings. The number of Topliss-reactive ketones (excluding diaryl/α,β-unsaturated/α-hetero) is 1. The van der Waals surface area contributed by atoms with Gasteiger partial charge in [0.15, 0.2) is 11.6 Å². The number of aromatic nitrogens is 1. The van der Waals surface area contributed by atoms with E-state index in [-0.39, 0.29) is 28.3 Å². The average Bonchev–Trinajstić information content (AvgIpc) is 4.17. The fraction of sp³-hybridized carbons (Fsp3) is 0.136. The van der Waals surface area contributed by atoms with E-state index in [9.17, 15) is 4.79 Å². The van der Waals surface area contributed by atoms with E-state index in [1.54, 1.807) is 11.3 Å². The number of thiophene rings is 1. The van der Waals surface area contributed by atoms with Crippen molar-refractivity contribution >= 4 is 69.8 Å². The minimum Gasteiger partial charge on any atom is -0.414 e. The Labute approximate surface area is 404 Å². The van der Waals surface area contributed by atoms with Crippen LogP contribution in [0.1, 0.15) is 63.8 Å². The van der Waals surface area contributed by atoms with Crippen molar-refractivity contribution in [2.24, 2.45) is 25.8 Å². The number of hydrogen-bond acceptors (Lipinski definition) is 5. The van der Waals surface area contributed by atoms with E-state index in [0.717, 1.165) is 69.1 Å². The standard InChI is InChI=1S/C59H48BF2N5OS/c1-58(2,3)47-33-43(34-48(53(47)68)59(4,5)6)44-31-32-69-54(44)52-51(41-25-17-10-18-26-41)63-55(64-52)42-29-27-38(28-30-42)46-36-50(40-23-15-9-16-24-40)67-57(46)65-56-45(37-19-11-7-12-20-37)35-49(66(56)60(67,61)62)39-21-13-8-14-22-39/h7-36H,1-6H3/b54-52+. The molecule has 5 aromatic carbocycles. The van der Waals surface area contributed by atoms with Gasteiger partial charge in [0.25, 0.3) is 5.84 Å². The van der Waals surface area contributed by atoms with E-state index in [1.165, 1.54) is 0 Å². The number of allylic oxidation sites excluding steroid dienone is 5. The summed E-state index contributed by atoms with van der Waals surface area (Å²) in [5.74, 6) is 1.02. The van der Waals surface area contributed by atoms with Gasteiger partial charge in [0.1, 0.15) is 5.70 Å². The fourth-order valence-corrected chi connectivity index (χ4v) is 10.6. The summed E-state index contributed by atoms with van der Waals surface area (Å²) >= 11 is 1.60. The molecule has 0 radical (unpaired) electrons. The van der Waals surface area contributed by atoms with Crippen molar-refractivity contribution in [3.8, 4) is 22.4 Å². The molecule has 0 amide bonds. The third-order valence-corrected chi connectivity index (χ3v) is 14.1. The Morgan fingerprint density at radius 2 is 1.12 bits per heavy atom. The summed E-state index contributed by atoms with van der Waals surface area (Å²) in [7, 11) is 0. The van der Waals surface area contributed by atoms with E-state index >= 15 is 8.63 Å². The van der Waals surface area contributed by atoms with Crippen molar-refractivity contribution in [2.75, 3.05) is 0 Å². The molecule has 338 valence electrons. The van der Waals surface area contributed by atoms with Gasteiger partial charge >= 0.3 is 6.97 Å². The number of rotatable bonds is 6. The predicted octanol–water partition coefficient (Wildman–Crippen LogP) is 12.5. The zero-order chi connectivity index (χ0) is 47.8. The van der Waals surface area contributed by atoms with Crippen molar-refractivity contribution in [3.05, 3.63) is 224 Å². The number of amidine groups is 2. The molecular weight excluding hydrogens is 876 g/mol. The van der Waals surface area contributed by atoms with Crippen LogP contribution in [0.3, 0.4) is 0 Å². The summed E-state index contributed by atoms with van der Waals surface area (Å²) in [6.45, 7) is 8.04. The van der Waals surface area contributed by atoms with E-state index in [4.69, 9.17) is 15.0 Å². The van der Waals surface area contributed by atoms with Gasteiger partial charge in [-0.05, 0) is 73.8 Å². The van der Waals surface area contributed by atoms with Crippen LogP contribution in [0, 0.1) is 10.8 Å². The molecule has 11 rings (SSSR count). The zero-order valence-corrected chi connectivity index (χ0v) is 40.0. The Hall–Kier alpha value is -7.69. The molecular formula is C59H48BF2N5OS. The van der Waals surface area contributed by atoms with Crippen LogP contribution in [0.25, 0.3) is 39.2 Å². The molecule has 3 aliphatic heterocycles. The third-order valence-electron chi connectivity index (χ3n) is 13.1. The second-order valence-corrected chi connectivity index (χ2v) is 20.7. The normalized spacial score (nSPS) is 17.4. The number of halogens is 2. The number of hydrogen-bond donors (Lipinski definition) is 0. The van der Waals surface area contributed by atoms with Crippen LogP contribution >= 0.6 is 11.3 Å². The Bertz CT molecular complexity index is 3580. The van der Waals surface area contributed by atoms with Crippen LogP contribution in [0.4, 0.5) is 14.4 Å². The quantitative estimate of drug-likeness (QED) is 0.153. The smallest absolute Gasteiger partial charge is 0.414 e. The van der Waals surface area contributed by atoms with Gasteiger partial charge in [-0.15, -0.1) is 11.3 Å². The van der Waals surface area contributed by atoms with Crippen LogP contribution in [0.2, 0.25) is 0 Å². The molecule has 0 saturated heterocycles. The van der Waals surface area contributed by atoms with Crippen molar-refractivity contribution in [1.29, 1.82) is 0 Å². The first-order valence-corrected chi connectivity index (χ1v) is 24.1. The average molecular weight is 924 g/mol. The van der Waals surface area contributed by atoms with E-state index in [0.29, 0.717) is 39.5 Å². The molecule has 1 aliphatic carbocycles. The Morgan fingerprint density at radius 3 is 1.70 bits per heavy atom. The number of benzene rings is 5. The van der Waals surface area contributed by atoms with Crippen molar-refractivity contribution in [3.63, 3.8) is 0 Å². The number of aliphatic imine (C=N–C) groups is 3. The van der Waals surface area contributed by atoms with Gasteiger partial charge in [-0.3, -0.25) is 4.79 Å². The summed E-state index contributed by atoms with van der Waals surface area (Å²) in [5, 5.41) is 3.06. The number of nitrogens with zero attached hydrogens (tertiary/aromatic N) is 5. The lowest BCUT2D eigenvalue weighted by atomic mass is 9.72. The number of fused-ring (bicyclic) bond motifs is 2. The first-order valence-electron chi connectivity index (χ1n) is 23.2. The number of carbonyl (C=O) groups excluding carboxylic acids is 1. The van der Waals surface area contributed by atoms with Crippen LogP contribution in [-0.4, -0.2) is 44.8 Å². The van der Waals surface area contributed by atoms with Crippen LogP contribution in [-0.2, 0) is 4.79 Å². The van der Waals surface area contributed by atoms with E-state index < -0.39 is 6.97 Å². The molecule has 10 heteroatoms. The van der Waals surface area contributed by atoms with Gasteiger partial charge in [-0.1, -0.05) is 187 Å². The predicted molar refractivity (Wildman–Crippen MR) is 281 cm³/mol. The maximum atomic E-state index is 17.9. The maximum Gasteiger partial charge on any atom is 0.642 e. The van der Waals surface area contributed by atoms with Crippen molar-refractivity contribution in [1.82, 2.24) is 4.48 Å². The molecule has 0 unspecified atom stereocenters. The molecule has 0 N–H and O–H groups in total. The molecule has 0 saturated carbocycles. The summed E-state index contributed by atoms with van der Waals surface area (Å²) in [6.07, 6.45) is 5.95. The monoisotopic (exact) mass is 923 g/mol. The highest BCUT2D eigenvalue weighted by atomic mass is 32.1. The largest absolute Gasteiger partial charge is 0.642 e. The number of carbonyl (C=O) groups is 1. The lowest BCUT2D eigenvalue weighted by Crippen LogP contribution is -2.53. The van der Waals surface area contributed by atoms with Crippen molar-refractivity contribution < 1.29 is 17.9 Å². The topological polar surface area (TPSA) is 62.1 Å². The first-order chi connectivity index (χ1) is 33.2. The Morgan fingerprint density at radius 1 is 0.580 bits per heavy atom. The van der Waals surface area contributed by atoms with Gasteiger partial charge < -0.3 is 17.6 Å². The van der Waals surface area contributed by atoms with Gasteiger partial charge in [0, 0.05) is 44.3 Å². The number of ketones is 1. The minimum absolute atomic E-state index is 0.0866. The fourth-order valence-electron chi connectivity index (χ4n) is 9.65. The molecule has 7 aromatic rings. The van der Waals surface area contributed by atoms with Crippen molar-refractivity contribution in [2.45, 2.75) is 41.5 Å². The highest BCUT2D eigenvalue weighted by molar-refractivity contribution is 7.08. The summed E-state index contributed by atoms with van der Waals surface area (Å²) in [4.78, 5) is 29.6. The third kappa shape index (κ3) is 7.60. The Kier molecular flexibility index (Phi) is 10.5. The highest BCUT2D eigenvalue weighted by Gasteiger charge is 2.53. The molecule has 0 atom stereocenters. The molecule has 5 heterocycles. The molecule has 2 aromatic heterocycles. The maximum absolute atomic E-state index is 17.9. The molecule has 0 spiro atoms. The van der Waals surface area contributed by atoms with Crippen LogP contribution < -0.4 is 9.75 Å². The summed E-state index contributed by atoms with van der Waals surface area (Å²) < 4.78 is 39.1. The SMILES string of the molecule is CC(C)(C)C1=CC(=c2ccs/c2=C2/N=C(c3ccc(C4=CC(c5ccccc5)=[N+]5C4=Nc4c(-c6ccccc6)cc(-c6ccccc6)n4[B-]5(F)F)cc3)N=C2c2ccccc2)C=C(C(C)(C)C)C1=O. The summed E-state index contributed by atoms with van der Waals surface area (Å²) in [6, 6.07) is 50.1. The lowest BCUT2D eigenvalue weighted by molar-refractivity contribution is -0.291. The van der Waals surface area contributed by atoms with Crippen LogP contribution in [0.5, 0.6) is 0 Å². The second kappa shape index (κ2) is 16.5. The molecule has 0 fully saturated rings. The second-order valence-electron chi connectivity index (χ2n) is 19.8. The van der Waals surface area contributed by atoms with Gasteiger partial charge in [-0.2, -0.15) is 0 Å². The zero-order valence-electron chi connectivity index (χ0n) is 39.2. The molecule has 0 bridgehead atoms. The van der Waals surface area contributed by atoms with Gasteiger partial charge in [0.2, 0.25) is 5.82 Å². The van der Waals surface area contributed by atoms with Gasteiger partial charge in [0.05, 0.1) is 21.5 Å². The highest BCUT2D eigenvalue weighted by Crippen LogP contribution is 2.46. The summed E-state index contributed by atoms with van der Waals surface area (Å²) in [5.41, 5.74) is 9.84. The van der Waals surface area contributed by atoms with Crippen LogP contribution in [0.15, 0.2) is 207 Å². The molecule has 6 nitrogen and oxygen atoms in total. The minimum atomic E-state index is -4.47.